The van der Waals surface area contributed by atoms with E-state index in [-0.39, 0.29) is 5.78 Å². The summed E-state index contributed by atoms with van der Waals surface area (Å²) in [7, 11) is 0. The number of rotatable bonds is 1. The number of hydrogen-bond donors (Lipinski definition) is 0. The topological polar surface area (TPSA) is 34.1 Å². The molecule has 0 saturated carbocycles. The van der Waals surface area contributed by atoms with Crippen LogP contribution in [0.25, 0.3) is 0 Å². The zero-order valence-electron chi connectivity index (χ0n) is 15.0. The van der Waals surface area contributed by atoms with Gasteiger partial charge in [-0.1, -0.05) is 30.6 Å². The van der Waals surface area contributed by atoms with Crippen LogP contribution in [0.3, 0.4) is 0 Å². The smallest absolute Gasteiger partial charge is 0.181 e. The first-order chi connectivity index (χ1) is 10.2. The van der Waals surface area contributed by atoms with Crippen molar-refractivity contribution in [2.45, 2.75) is 67.2 Å². The molecule has 0 spiro atoms. The van der Waals surface area contributed by atoms with Gasteiger partial charge in [0.25, 0.3) is 0 Å². The van der Waals surface area contributed by atoms with Gasteiger partial charge in [0, 0.05) is 5.92 Å². The lowest BCUT2D eigenvalue weighted by Crippen LogP contribution is -2.21. The minimum Gasteiger partial charge on any atom is -0.295 e. The summed E-state index contributed by atoms with van der Waals surface area (Å²) in [6, 6.07) is 0. The van der Waals surface area contributed by atoms with Crippen LogP contribution in [0.2, 0.25) is 0 Å². The predicted octanol–water partition coefficient (Wildman–Crippen LogP) is 5.20. The Kier molecular flexibility index (Phi) is 6.99. The molecule has 2 heteroatoms. The summed E-state index contributed by atoms with van der Waals surface area (Å²) in [6.07, 6.45) is 7.71. The average Bonchev–Trinajstić information content (AvgIpc) is 2.38. The second kappa shape index (κ2) is 8.26. The molecule has 1 atom stereocenters. The molecule has 2 nitrogen and oxygen atoms in total. The van der Waals surface area contributed by atoms with Gasteiger partial charge in [-0.2, -0.15) is 0 Å². The fourth-order valence-corrected chi connectivity index (χ4v) is 2.93. The third kappa shape index (κ3) is 5.40. The number of carbonyl (C=O) groups is 2. The molecule has 22 heavy (non-hydrogen) atoms. The molecule has 2 aliphatic rings. The Labute approximate surface area is 135 Å². The molecule has 2 rings (SSSR count). The van der Waals surface area contributed by atoms with Crippen LogP contribution < -0.4 is 0 Å². The minimum atomic E-state index is 0.216. The van der Waals surface area contributed by atoms with Crippen molar-refractivity contribution in [3.8, 4) is 0 Å². The van der Waals surface area contributed by atoms with Gasteiger partial charge in [-0.3, -0.25) is 9.59 Å². The van der Waals surface area contributed by atoms with Crippen LogP contribution in [-0.4, -0.2) is 11.6 Å². The van der Waals surface area contributed by atoms with Crippen molar-refractivity contribution < 1.29 is 9.59 Å². The average molecular weight is 302 g/mol. The predicted molar refractivity (Wildman–Crippen MR) is 92.7 cm³/mol. The fraction of sp³-hybridized carbons (Fsp3) is 0.600. The molecule has 0 radical (unpaired) electrons. The van der Waals surface area contributed by atoms with E-state index in [1.54, 1.807) is 6.08 Å². The molecule has 0 N–H and O–H groups in total. The standard InChI is InChI=1S/C10H16O.C10H14O/c2*1-7(2)9-5-4-8(3)6-10(9)11/h6-7,9H,4-5H2,1-3H3;6H,4-5H2,1-3H3. The van der Waals surface area contributed by atoms with Gasteiger partial charge in [0.2, 0.25) is 0 Å². The number of ketones is 2. The summed E-state index contributed by atoms with van der Waals surface area (Å²) < 4.78 is 0. The number of allylic oxidation sites excluding steroid dienone is 6. The van der Waals surface area contributed by atoms with E-state index in [1.165, 1.54) is 16.7 Å². The second-order valence-electron chi connectivity index (χ2n) is 7.12. The highest BCUT2D eigenvalue weighted by Gasteiger charge is 2.23. The van der Waals surface area contributed by atoms with Crippen LogP contribution in [0.1, 0.15) is 67.2 Å². The van der Waals surface area contributed by atoms with Gasteiger partial charge >= 0.3 is 0 Å². The van der Waals surface area contributed by atoms with Crippen LogP contribution >= 0.6 is 0 Å². The zero-order chi connectivity index (χ0) is 16.9. The lowest BCUT2D eigenvalue weighted by molar-refractivity contribution is -0.120. The van der Waals surface area contributed by atoms with Crippen LogP contribution in [0.15, 0.2) is 34.4 Å². The van der Waals surface area contributed by atoms with Gasteiger partial charge < -0.3 is 0 Å². The van der Waals surface area contributed by atoms with Crippen LogP contribution in [0.4, 0.5) is 0 Å². The molecule has 2 aliphatic carbocycles. The highest BCUT2D eigenvalue weighted by molar-refractivity contribution is 6.05. The van der Waals surface area contributed by atoms with Gasteiger partial charge in [0.15, 0.2) is 11.6 Å². The highest BCUT2D eigenvalue weighted by Crippen LogP contribution is 2.26. The van der Waals surface area contributed by atoms with Crippen LogP contribution in [0, 0.1) is 11.8 Å². The minimum absolute atomic E-state index is 0.216. The summed E-state index contributed by atoms with van der Waals surface area (Å²) in [5, 5.41) is 0. The first-order valence-electron chi connectivity index (χ1n) is 8.31. The first-order valence-corrected chi connectivity index (χ1v) is 8.31. The lowest BCUT2D eigenvalue weighted by Gasteiger charge is -2.22. The van der Waals surface area contributed by atoms with Crippen molar-refractivity contribution in [1.29, 1.82) is 0 Å². The van der Waals surface area contributed by atoms with Crippen molar-refractivity contribution in [2.24, 2.45) is 11.8 Å². The van der Waals surface area contributed by atoms with Gasteiger partial charge in [0.05, 0.1) is 0 Å². The summed E-state index contributed by atoms with van der Waals surface area (Å²) in [4.78, 5) is 22.7. The van der Waals surface area contributed by atoms with Crippen molar-refractivity contribution >= 4 is 11.6 Å². The van der Waals surface area contributed by atoms with Crippen molar-refractivity contribution in [1.82, 2.24) is 0 Å². The van der Waals surface area contributed by atoms with E-state index in [0.717, 1.165) is 31.3 Å². The molecule has 1 unspecified atom stereocenters. The monoisotopic (exact) mass is 302 g/mol. The Balaban J connectivity index is 0.000000220. The second-order valence-corrected chi connectivity index (χ2v) is 7.12. The van der Waals surface area contributed by atoms with E-state index < -0.39 is 0 Å². The molecule has 0 aromatic carbocycles. The highest BCUT2D eigenvalue weighted by atomic mass is 16.1. The van der Waals surface area contributed by atoms with Gasteiger partial charge in [0.1, 0.15) is 0 Å². The van der Waals surface area contributed by atoms with E-state index in [4.69, 9.17) is 0 Å². The summed E-state index contributed by atoms with van der Waals surface area (Å²) in [6.45, 7) is 12.3. The molecule has 0 heterocycles. The van der Waals surface area contributed by atoms with E-state index in [0.29, 0.717) is 17.6 Å². The third-order valence-electron chi connectivity index (χ3n) is 4.46. The zero-order valence-corrected chi connectivity index (χ0v) is 15.0. The van der Waals surface area contributed by atoms with E-state index in [2.05, 4.69) is 13.8 Å². The first kappa shape index (κ1) is 18.6. The molecular formula is C20H30O2. The van der Waals surface area contributed by atoms with Crippen molar-refractivity contribution in [3.63, 3.8) is 0 Å². The number of carbonyl (C=O) groups excluding carboxylic acids is 2. The quantitative estimate of drug-likeness (QED) is 0.624. The summed E-state index contributed by atoms with van der Waals surface area (Å²) in [5.41, 5.74) is 4.63. The molecule has 0 saturated heterocycles. The molecule has 0 aromatic rings. The Bertz CT molecular complexity index is 526. The molecule has 0 bridgehead atoms. The summed E-state index contributed by atoms with van der Waals surface area (Å²) in [5.74, 6) is 1.35. The normalized spacial score (nSPS) is 22.0. The van der Waals surface area contributed by atoms with Gasteiger partial charge in [-0.25, -0.2) is 0 Å². The van der Waals surface area contributed by atoms with Crippen LogP contribution in [0.5, 0.6) is 0 Å². The maximum absolute atomic E-state index is 11.4. The lowest BCUT2D eigenvalue weighted by atomic mass is 9.82. The molecular weight excluding hydrogens is 272 g/mol. The molecule has 122 valence electrons. The SMILES string of the molecule is CC1=CC(=O)C(=C(C)C)CC1.CC1=CC(=O)C(C(C)C)CC1. The molecule has 0 fully saturated rings. The van der Waals surface area contributed by atoms with Gasteiger partial charge in [-0.05, 0) is 77.0 Å². The fourth-order valence-electron chi connectivity index (χ4n) is 2.93. The summed E-state index contributed by atoms with van der Waals surface area (Å²) >= 11 is 0. The Morgan fingerprint density at radius 3 is 2.05 bits per heavy atom. The largest absolute Gasteiger partial charge is 0.295 e. The maximum atomic E-state index is 11.4. The molecule has 0 aliphatic heterocycles. The third-order valence-corrected chi connectivity index (χ3v) is 4.46. The molecule has 0 aromatic heterocycles. The van der Waals surface area contributed by atoms with E-state index in [9.17, 15) is 9.59 Å². The number of hydrogen-bond acceptors (Lipinski definition) is 2. The van der Waals surface area contributed by atoms with Crippen molar-refractivity contribution in [2.75, 3.05) is 0 Å². The maximum Gasteiger partial charge on any atom is 0.181 e. The Morgan fingerprint density at radius 1 is 1.00 bits per heavy atom. The molecule has 0 amide bonds. The Morgan fingerprint density at radius 2 is 1.59 bits per heavy atom. The van der Waals surface area contributed by atoms with E-state index in [1.807, 2.05) is 33.8 Å². The van der Waals surface area contributed by atoms with E-state index >= 15 is 0 Å². The van der Waals surface area contributed by atoms with Gasteiger partial charge in [-0.15, -0.1) is 0 Å². The Hall–Kier alpha value is -1.44. The van der Waals surface area contributed by atoms with Crippen molar-refractivity contribution in [3.05, 3.63) is 34.4 Å². The van der Waals surface area contributed by atoms with Crippen LogP contribution in [-0.2, 0) is 9.59 Å².